The largest absolute Gasteiger partial charge is 0.241 e. The number of halogens is 1. The second-order valence-corrected chi connectivity index (χ2v) is 6.61. The van der Waals surface area contributed by atoms with Gasteiger partial charge in [0, 0.05) is 22.1 Å². The number of fused-ring (bicyclic) bond motifs is 1. The van der Waals surface area contributed by atoms with Crippen molar-refractivity contribution in [1.29, 1.82) is 0 Å². The van der Waals surface area contributed by atoms with E-state index in [0.717, 1.165) is 16.9 Å². The molecule has 17 heavy (non-hydrogen) atoms. The molecule has 1 fully saturated rings. The molecule has 1 aliphatic rings. The first-order valence-corrected chi connectivity index (χ1v) is 7.25. The topological polar surface area (TPSA) is 25.8 Å². The number of thiophene rings is 1. The lowest BCUT2D eigenvalue weighted by atomic mass is 10.1. The van der Waals surface area contributed by atoms with E-state index in [1.54, 1.807) is 17.7 Å². The zero-order chi connectivity index (χ0) is 12.0. The molecule has 90 valence electrons. The molecule has 2 aromatic heterocycles. The van der Waals surface area contributed by atoms with Crippen LogP contribution in [0.5, 0.6) is 0 Å². The predicted molar refractivity (Wildman–Crippen MR) is 73.0 cm³/mol. The summed E-state index contributed by atoms with van der Waals surface area (Å²) in [5.74, 6) is 0.710. The van der Waals surface area contributed by atoms with Gasteiger partial charge in [0.05, 0.1) is 5.69 Å². The lowest BCUT2D eigenvalue weighted by Gasteiger charge is -2.08. The molecule has 1 unspecified atom stereocenters. The SMILES string of the molecule is Cc1sc2ncnc(CC(Cl)C3CC3)c2c1C. The zero-order valence-electron chi connectivity index (χ0n) is 10.0. The summed E-state index contributed by atoms with van der Waals surface area (Å²) in [5, 5.41) is 1.48. The first-order chi connectivity index (χ1) is 8.16. The van der Waals surface area contributed by atoms with Crippen LogP contribution in [0.4, 0.5) is 0 Å². The number of alkyl halides is 1. The van der Waals surface area contributed by atoms with Crippen LogP contribution < -0.4 is 0 Å². The quantitative estimate of drug-likeness (QED) is 0.788. The first kappa shape index (κ1) is 11.4. The van der Waals surface area contributed by atoms with E-state index in [2.05, 4.69) is 23.8 Å². The van der Waals surface area contributed by atoms with Gasteiger partial charge in [0.2, 0.25) is 0 Å². The van der Waals surface area contributed by atoms with Crippen LogP contribution in [-0.4, -0.2) is 15.3 Å². The Balaban J connectivity index is 2.02. The van der Waals surface area contributed by atoms with Crippen LogP contribution in [0.25, 0.3) is 10.2 Å². The Bertz CT molecular complexity index is 560. The fourth-order valence-electron chi connectivity index (χ4n) is 2.22. The van der Waals surface area contributed by atoms with Gasteiger partial charge in [-0.25, -0.2) is 9.97 Å². The van der Waals surface area contributed by atoms with Crippen molar-refractivity contribution >= 4 is 33.2 Å². The zero-order valence-corrected chi connectivity index (χ0v) is 11.6. The van der Waals surface area contributed by atoms with E-state index in [1.165, 1.54) is 28.7 Å². The molecule has 1 saturated carbocycles. The molecule has 0 bridgehead atoms. The van der Waals surface area contributed by atoms with Crippen LogP contribution in [0.1, 0.15) is 29.0 Å². The van der Waals surface area contributed by atoms with Crippen molar-refractivity contribution in [3.63, 3.8) is 0 Å². The summed E-state index contributed by atoms with van der Waals surface area (Å²) in [7, 11) is 0. The lowest BCUT2D eigenvalue weighted by Crippen LogP contribution is -2.07. The van der Waals surface area contributed by atoms with E-state index in [0.29, 0.717) is 5.92 Å². The van der Waals surface area contributed by atoms with E-state index in [9.17, 15) is 0 Å². The highest BCUT2D eigenvalue weighted by atomic mass is 35.5. The summed E-state index contributed by atoms with van der Waals surface area (Å²) < 4.78 is 0. The van der Waals surface area contributed by atoms with Gasteiger partial charge in [0.15, 0.2) is 0 Å². The molecular formula is C13H15ClN2S. The highest BCUT2D eigenvalue weighted by Gasteiger charge is 2.30. The average molecular weight is 267 g/mol. The third-order valence-corrected chi connectivity index (χ3v) is 5.19. The Hall–Kier alpha value is -0.670. The molecule has 0 N–H and O–H groups in total. The predicted octanol–water partition coefficient (Wildman–Crippen LogP) is 3.87. The number of aromatic nitrogens is 2. The van der Waals surface area contributed by atoms with Gasteiger partial charge in [-0.2, -0.15) is 0 Å². The van der Waals surface area contributed by atoms with Crippen LogP contribution in [0.15, 0.2) is 6.33 Å². The first-order valence-electron chi connectivity index (χ1n) is 6.00. The Morgan fingerprint density at radius 3 is 2.88 bits per heavy atom. The molecule has 3 rings (SSSR count). The normalized spacial score (nSPS) is 17.6. The maximum absolute atomic E-state index is 6.42. The number of aryl methyl sites for hydroxylation is 2. The molecule has 0 saturated heterocycles. The smallest absolute Gasteiger partial charge is 0.127 e. The number of nitrogens with zero attached hydrogens (tertiary/aromatic N) is 2. The molecule has 2 aromatic rings. The van der Waals surface area contributed by atoms with Gasteiger partial charge < -0.3 is 0 Å². The summed E-state index contributed by atoms with van der Waals surface area (Å²) in [6.07, 6.45) is 5.11. The fourth-order valence-corrected chi connectivity index (χ4v) is 3.64. The van der Waals surface area contributed by atoms with E-state index in [-0.39, 0.29) is 5.38 Å². The minimum Gasteiger partial charge on any atom is -0.241 e. The average Bonchev–Trinajstić information content (AvgIpc) is 3.08. The Kier molecular flexibility index (Phi) is 2.83. The van der Waals surface area contributed by atoms with Crippen molar-refractivity contribution in [3.8, 4) is 0 Å². The highest BCUT2D eigenvalue weighted by Crippen LogP contribution is 2.38. The number of rotatable bonds is 3. The molecule has 0 spiro atoms. The second kappa shape index (κ2) is 4.21. The van der Waals surface area contributed by atoms with Gasteiger partial charge in [-0.05, 0) is 38.2 Å². The Morgan fingerprint density at radius 2 is 2.18 bits per heavy atom. The standard InChI is InChI=1S/C13H15ClN2S/c1-7-8(2)17-13-12(7)11(15-6-16-13)5-10(14)9-3-4-9/h6,9-10H,3-5H2,1-2H3. The van der Waals surface area contributed by atoms with Crippen molar-refractivity contribution in [2.24, 2.45) is 5.92 Å². The molecular weight excluding hydrogens is 252 g/mol. The second-order valence-electron chi connectivity index (χ2n) is 4.84. The van der Waals surface area contributed by atoms with Crippen molar-refractivity contribution in [1.82, 2.24) is 9.97 Å². The third kappa shape index (κ3) is 2.06. The summed E-state index contributed by atoms with van der Waals surface area (Å²) in [6.45, 7) is 4.30. The van der Waals surface area contributed by atoms with Crippen molar-refractivity contribution in [3.05, 3.63) is 22.5 Å². The number of hydrogen-bond acceptors (Lipinski definition) is 3. The molecule has 1 atom stereocenters. The van der Waals surface area contributed by atoms with E-state index in [1.807, 2.05) is 0 Å². The van der Waals surface area contributed by atoms with Crippen molar-refractivity contribution in [2.75, 3.05) is 0 Å². The minimum absolute atomic E-state index is 0.243. The molecule has 1 aliphatic carbocycles. The van der Waals surface area contributed by atoms with Gasteiger partial charge in [-0.15, -0.1) is 22.9 Å². The molecule has 0 aliphatic heterocycles. The molecule has 0 radical (unpaired) electrons. The number of hydrogen-bond donors (Lipinski definition) is 0. The van der Waals surface area contributed by atoms with E-state index >= 15 is 0 Å². The van der Waals surface area contributed by atoms with Gasteiger partial charge in [0.25, 0.3) is 0 Å². The molecule has 0 aromatic carbocycles. The summed E-state index contributed by atoms with van der Waals surface area (Å²) >= 11 is 8.17. The van der Waals surface area contributed by atoms with E-state index < -0.39 is 0 Å². The Labute approximate surface area is 110 Å². The van der Waals surface area contributed by atoms with Crippen LogP contribution in [0, 0.1) is 19.8 Å². The van der Waals surface area contributed by atoms with Crippen molar-refractivity contribution in [2.45, 2.75) is 38.5 Å². The Morgan fingerprint density at radius 1 is 1.41 bits per heavy atom. The van der Waals surface area contributed by atoms with Gasteiger partial charge in [-0.1, -0.05) is 0 Å². The molecule has 2 nitrogen and oxygen atoms in total. The fraction of sp³-hybridized carbons (Fsp3) is 0.538. The van der Waals surface area contributed by atoms with Gasteiger partial charge in [0.1, 0.15) is 11.2 Å². The summed E-state index contributed by atoms with van der Waals surface area (Å²) in [5.41, 5.74) is 2.45. The maximum atomic E-state index is 6.42. The minimum atomic E-state index is 0.243. The van der Waals surface area contributed by atoms with Crippen LogP contribution in [-0.2, 0) is 6.42 Å². The summed E-state index contributed by atoms with van der Waals surface area (Å²) in [4.78, 5) is 11.2. The summed E-state index contributed by atoms with van der Waals surface area (Å²) in [6, 6.07) is 0. The van der Waals surface area contributed by atoms with Gasteiger partial charge in [-0.3, -0.25) is 0 Å². The van der Waals surface area contributed by atoms with Crippen LogP contribution in [0.2, 0.25) is 0 Å². The maximum Gasteiger partial charge on any atom is 0.127 e. The molecule has 2 heterocycles. The van der Waals surface area contributed by atoms with Crippen molar-refractivity contribution < 1.29 is 0 Å². The third-order valence-electron chi connectivity index (χ3n) is 3.57. The highest BCUT2D eigenvalue weighted by molar-refractivity contribution is 7.18. The van der Waals surface area contributed by atoms with Gasteiger partial charge >= 0.3 is 0 Å². The van der Waals surface area contributed by atoms with Crippen LogP contribution in [0.3, 0.4) is 0 Å². The lowest BCUT2D eigenvalue weighted by molar-refractivity contribution is 0.727. The molecule has 4 heteroatoms. The van der Waals surface area contributed by atoms with Crippen LogP contribution >= 0.6 is 22.9 Å². The van der Waals surface area contributed by atoms with E-state index in [4.69, 9.17) is 11.6 Å². The molecule has 0 amide bonds. The monoisotopic (exact) mass is 266 g/mol.